The van der Waals surface area contributed by atoms with E-state index in [9.17, 15) is 0 Å². The van der Waals surface area contributed by atoms with Crippen LogP contribution in [0.1, 0.15) is 130 Å². The molecular weight excluding hydrogens is 840 g/mol. The molecule has 0 saturated heterocycles. The number of fused-ring (bicyclic) bond motifs is 16. The van der Waals surface area contributed by atoms with Crippen molar-refractivity contribution in [1.82, 2.24) is 4.57 Å². The number of aromatic nitrogens is 1. The highest BCUT2D eigenvalue weighted by Crippen LogP contribution is 2.57. The van der Waals surface area contributed by atoms with Gasteiger partial charge in [0.1, 0.15) is 16.7 Å². The number of furan rings is 2. The molecule has 342 valence electrons. The lowest BCUT2D eigenvalue weighted by molar-refractivity contribution is 0.332. The highest BCUT2D eigenvalue weighted by Gasteiger charge is 2.49. The Morgan fingerprint density at radius 1 is 0.551 bits per heavy atom. The van der Waals surface area contributed by atoms with E-state index in [0.717, 1.165) is 58.9 Å². The summed E-state index contributed by atoms with van der Waals surface area (Å²) in [6.07, 6.45) is 6.56. The van der Waals surface area contributed by atoms with Crippen molar-refractivity contribution in [2.45, 2.75) is 129 Å². The number of nitrogens with zero attached hydrogens (tertiary/aromatic N) is 2. The largest absolute Gasteiger partial charge is 0.464 e. The highest BCUT2D eigenvalue weighted by atomic mass is 16.3. The number of benzene rings is 7. The van der Waals surface area contributed by atoms with Crippen LogP contribution >= 0.6 is 0 Å². The maximum Gasteiger partial charge on any atom is 0.333 e. The van der Waals surface area contributed by atoms with Crippen molar-refractivity contribution in [3.05, 3.63) is 149 Å². The van der Waals surface area contributed by atoms with Gasteiger partial charge in [-0.3, -0.25) is 0 Å². The van der Waals surface area contributed by atoms with Gasteiger partial charge in [0.05, 0.1) is 17.3 Å². The molecule has 5 heteroatoms. The van der Waals surface area contributed by atoms with Gasteiger partial charge in [0.15, 0.2) is 0 Å². The molecule has 2 aliphatic carbocycles. The van der Waals surface area contributed by atoms with E-state index < -0.39 is 0 Å². The van der Waals surface area contributed by atoms with E-state index >= 15 is 0 Å². The number of hydrogen-bond acceptors (Lipinski definition) is 3. The molecule has 0 N–H and O–H groups in total. The molecule has 3 aromatic heterocycles. The fourth-order valence-corrected chi connectivity index (χ4v) is 13.7. The molecule has 5 heterocycles. The Balaban J connectivity index is 1.23. The predicted octanol–water partition coefficient (Wildman–Crippen LogP) is 16.3. The summed E-state index contributed by atoms with van der Waals surface area (Å²) in [5.41, 5.74) is 23.6. The number of hydrogen-bond donors (Lipinski definition) is 0. The average Bonchev–Trinajstić information content (AvgIpc) is 4.02. The van der Waals surface area contributed by atoms with E-state index in [1.165, 1.54) is 99.5 Å². The van der Waals surface area contributed by atoms with Crippen LogP contribution in [0.15, 0.2) is 130 Å². The molecule has 69 heavy (non-hydrogen) atoms. The van der Waals surface area contributed by atoms with Crippen molar-refractivity contribution in [1.29, 1.82) is 0 Å². The van der Waals surface area contributed by atoms with Gasteiger partial charge < -0.3 is 18.2 Å². The summed E-state index contributed by atoms with van der Waals surface area (Å²) >= 11 is 0. The number of para-hydroxylation sites is 1. The van der Waals surface area contributed by atoms with Crippen molar-refractivity contribution in [2.75, 3.05) is 4.81 Å². The Hall–Kier alpha value is -6.46. The molecule has 10 aromatic rings. The average molecular weight is 901 g/mol. The van der Waals surface area contributed by atoms with Gasteiger partial charge in [-0.2, -0.15) is 0 Å². The van der Waals surface area contributed by atoms with Crippen LogP contribution in [0.5, 0.6) is 0 Å². The first-order valence-electron chi connectivity index (χ1n) is 25.5. The van der Waals surface area contributed by atoms with Gasteiger partial charge in [-0.25, -0.2) is 0 Å². The Kier molecular flexibility index (Phi) is 7.96. The zero-order valence-electron chi connectivity index (χ0n) is 42.2. The minimum atomic E-state index is -0.199. The summed E-state index contributed by atoms with van der Waals surface area (Å²) in [5.74, 6) is 0. The number of anilines is 2. The lowest BCUT2D eigenvalue weighted by Gasteiger charge is -2.46. The van der Waals surface area contributed by atoms with E-state index in [2.05, 4.69) is 201 Å². The molecule has 2 aliphatic heterocycles. The maximum atomic E-state index is 7.43. The molecule has 0 radical (unpaired) electrons. The van der Waals surface area contributed by atoms with E-state index in [4.69, 9.17) is 8.83 Å². The van der Waals surface area contributed by atoms with Gasteiger partial charge >= 0.3 is 6.85 Å². The van der Waals surface area contributed by atoms with Gasteiger partial charge in [-0.1, -0.05) is 137 Å². The van der Waals surface area contributed by atoms with Crippen LogP contribution in [-0.2, 0) is 27.1 Å². The van der Waals surface area contributed by atoms with Crippen molar-refractivity contribution in [2.24, 2.45) is 0 Å². The van der Waals surface area contributed by atoms with Crippen molar-refractivity contribution in [3.8, 4) is 27.9 Å². The molecule has 0 unspecified atom stereocenters. The Morgan fingerprint density at radius 3 is 1.86 bits per heavy atom. The molecule has 0 saturated carbocycles. The van der Waals surface area contributed by atoms with E-state index in [0.29, 0.717) is 0 Å². The van der Waals surface area contributed by atoms with Crippen LogP contribution in [-0.4, -0.2) is 11.4 Å². The summed E-state index contributed by atoms with van der Waals surface area (Å²) in [5, 5.41) is 6.12. The normalized spacial score (nSPS) is 18.2. The second kappa shape index (κ2) is 13.2. The third kappa shape index (κ3) is 5.48. The van der Waals surface area contributed by atoms with Crippen LogP contribution < -0.4 is 15.7 Å². The topological polar surface area (TPSA) is 34.5 Å². The number of rotatable bonds is 2. The van der Waals surface area contributed by atoms with Crippen molar-refractivity contribution in [3.63, 3.8) is 0 Å². The van der Waals surface area contributed by atoms with Gasteiger partial charge in [0.25, 0.3) is 0 Å². The maximum absolute atomic E-state index is 7.43. The smallest absolute Gasteiger partial charge is 0.333 e. The summed E-state index contributed by atoms with van der Waals surface area (Å²) in [7, 11) is 0. The first kappa shape index (κ1) is 41.5. The lowest BCUT2D eigenvalue weighted by Crippen LogP contribution is -2.60. The van der Waals surface area contributed by atoms with Crippen LogP contribution in [0.25, 0.3) is 82.7 Å². The fourth-order valence-electron chi connectivity index (χ4n) is 13.7. The van der Waals surface area contributed by atoms with Gasteiger partial charge in [-0.05, 0) is 152 Å². The molecule has 7 aromatic carbocycles. The third-order valence-corrected chi connectivity index (χ3v) is 17.9. The molecule has 0 atom stereocenters. The van der Waals surface area contributed by atoms with Gasteiger partial charge in [0, 0.05) is 60.7 Å². The summed E-state index contributed by atoms with van der Waals surface area (Å²) in [6, 6.07) is 44.4. The quantitative estimate of drug-likeness (QED) is 0.162. The van der Waals surface area contributed by atoms with Crippen LogP contribution in [0.2, 0.25) is 0 Å². The highest BCUT2D eigenvalue weighted by molar-refractivity contribution is 6.94. The first-order chi connectivity index (χ1) is 32.8. The molecule has 0 amide bonds. The second-order valence-electron chi connectivity index (χ2n) is 25.0. The summed E-state index contributed by atoms with van der Waals surface area (Å²) in [6.45, 7) is 26.4. The van der Waals surface area contributed by atoms with E-state index in [-0.39, 0.29) is 33.9 Å². The Morgan fingerprint density at radius 2 is 1.17 bits per heavy atom. The molecule has 0 spiro atoms. The first-order valence-corrected chi connectivity index (χ1v) is 25.5. The monoisotopic (exact) mass is 900 g/mol. The predicted molar refractivity (Wildman–Crippen MR) is 292 cm³/mol. The zero-order valence-corrected chi connectivity index (χ0v) is 42.2. The zero-order chi connectivity index (χ0) is 47.5. The molecule has 0 fully saturated rings. The fraction of sp³-hybridized carbons (Fsp3) is 0.312. The minimum Gasteiger partial charge on any atom is -0.464 e. The summed E-state index contributed by atoms with van der Waals surface area (Å²) in [4.78, 5) is 2.71. The van der Waals surface area contributed by atoms with Gasteiger partial charge in [0.2, 0.25) is 0 Å². The Bertz CT molecular complexity index is 3880. The summed E-state index contributed by atoms with van der Waals surface area (Å²) < 4.78 is 16.8. The third-order valence-electron chi connectivity index (χ3n) is 17.9. The molecule has 4 nitrogen and oxygen atoms in total. The van der Waals surface area contributed by atoms with Crippen LogP contribution in [0.3, 0.4) is 0 Å². The second-order valence-corrected chi connectivity index (χ2v) is 25.0. The van der Waals surface area contributed by atoms with E-state index in [1.54, 1.807) is 0 Å². The molecule has 0 bridgehead atoms. The SMILES string of the molecule is CC(C)(C)c1ccc(N2B3c4cc5occ(-c6ccccc6)c5cc4-n4c5cc6c(cc5c5c7c(oc8ccccc87)c(c3c54)-c3cc4c(cc32)C(C)(C)CCC4(C)C)C(C)(C)CCC6(C)C)cc1. The minimum absolute atomic E-state index is 0.00573. The lowest BCUT2D eigenvalue weighted by atomic mass is 9.43. The van der Waals surface area contributed by atoms with E-state index in [1.807, 2.05) is 6.26 Å². The van der Waals surface area contributed by atoms with Crippen molar-refractivity contribution < 1.29 is 8.83 Å². The molecule has 14 rings (SSSR count). The van der Waals surface area contributed by atoms with Gasteiger partial charge in [-0.15, -0.1) is 0 Å². The standard InChI is InChI=1S/C64H61BN2O2/c1-60(2,3)37-21-23-38(24-22-37)67-50-33-47-45(62(6,7)26-28-64(47,10)11)30-42(50)56-57-58-54(55-39-19-15-16-20-52(39)69-59(55)56)41-29-44-46(63(8,9)27-25-61(44,4)5)32-49(41)66(58)51-31-40-43(36-17-13-12-14-18-36)35-68-53(40)34-48(51)65(57)67/h12-24,29-35H,25-28H2,1-11H3. The Labute approximate surface area is 406 Å². The molecular formula is C64H61BN2O2. The molecule has 4 aliphatic rings. The van der Waals surface area contributed by atoms with Crippen LogP contribution in [0.4, 0.5) is 11.4 Å². The van der Waals surface area contributed by atoms with Crippen LogP contribution in [0, 0.1) is 0 Å². The van der Waals surface area contributed by atoms with Crippen molar-refractivity contribution >= 4 is 83.9 Å².